The molecule has 0 aliphatic heterocycles. The van der Waals surface area contributed by atoms with E-state index in [1.165, 1.54) is 7.11 Å². The molecular weight excluding hydrogens is 194 g/mol. The van der Waals surface area contributed by atoms with Crippen molar-refractivity contribution in [2.45, 2.75) is 32.8 Å². The van der Waals surface area contributed by atoms with Crippen LogP contribution in [0.15, 0.2) is 11.6 Å². The molecule has 0 aromatic heterocycles. The third-order valence-electron chi connectivity index (χ3n) is 2.19. The van der Waals surface area contributed by atoms with Crippen LogP contribution < -0.4 is 5.32 Å². The molecule has 0 bridgehead atoms. The Kier molecular flexibility index (Phi) is 7.95. The minimum atomic E-state index is -0.301. The molecule has 88 valence electrons. The summed E-state index contributed by atoms with van der Waals surface area (Å²) < 4.78 is 4.55. The maximum Gasteiger partial charge on any atom is 0.333 e. The van der Waals surface area contributed by atoms with Crippen LogP contribution in [0.2, 0.25) is 0 Å². The summed E-state index contributed by atoms with van der Waals surface area (Å²) in [6, 6.07) is 0. The standard InChI is InChI=1S/C11H21NO3/c1-4-10(13)6-8-12-7-5-9(2)11(14)15-3/h5,10,12-13H,4,6-8H2,1-3H3/b9-5-. The Morgan fingerprint density at radius 3 is 2.80 bits per heavy atom. The maximum atomic E-state index is 11.0. The molecule has 0 saturated carbocycles. The van der Waals surface area contributed by atoms with Crippen molar-refractivity contribution in [3.8, 4) is 0 Å². The van der Waals surface area contributed by atoms with E-state index in [9.17, 15) is 9.90 Å². The summed E-state index contributed by atoms with van der Waals surface area (Å²) in [4.78, 5) is 11.0. The van der Waals surface area contributed by atoms with Crippen molar-refractivity contribution in [3.05, 3.63) is 11.6 Å². The topological polar surface area (TPSA) is 58.6 Å². The largest absolute Gasteiger partial charge is 0.466 e. The van der Waals surface area contributed by atoms with Crippen molar-refractivity contribution in [2.75, 3.05) is 20.2 Å². The Morgan fingerprint density at radius 1 is 1.60 bits per heavy atom. The summed E-state index contributed by atoms with van der Waals surface area (Å²) in [6.07, 6.45) is 3.06. The van der Waals surface area contributed by atoms with Gasteiger partial charge >= 0.3 is 5.97 Å². The summed E-state index contributed by atoms with van der Waals surface area (Å²) in [7, 11) is 1.37. The highest BCUT2D eigenvalue weighted by atomic mass is 16.5. The van der Waals surface area contributed by atoms with Crippen LogP contribution in [0.4, 0.5) is 0 Å². The molecule has 4 nitrogen and oxygen atoms in total. The number of carbonyl (C=O) groups is 1. The van der Waals surface area contributed by atoms with Crippen LogP contribution in [-0.4, -0.2) is 37.4 Å². The lowest BCUT2D eigenvalue weighted by Gasteiger charge is -2.07. The number of carbonyl (C=O) groups excluding carboxylic acids is 1. The van der Waals surface area contributed by atoms with E-state index in [4.69, 9.17) is 0 Å². The molecular formula is C11H21NO3. The number of ether oxygens (including phenoxy) is 1. The zero-order chi connectivity index (χ0) is 11.7. The van der Waals surface area contributed by atoms with Gasteiger partial charge < -0.3 is 15.2 Å². The van der Waals surface area contributed by atoms with Gasteiger partial charge in [0.05, 0.1) is 13.2 Å². The molecule has 1 atom stereocenters. The zero-order valence-corrected chi connectivity index (χ0v) is 9.75. The second-order valence-corrected chi connectivity index (χ2v) is 3.43. The number of nitrogens with one attached hydrogen (secondary N) is 1. The summed E-state index contributed by atoms with van der Waals surface area (Å²) in [5.74, 6) is -0.301. The van der Waals surface area contributed by atoms with E-state index in [1.54, 1.807) is 13.0 Å². The summed E-state index contributed by atoms with van der Waals surface area (Å²) in [5.41, 5.74) is 0.598. The summed E-state index contributed by atoms with van der Waals surface area (Å²) in [6.45, 7) is 5.04. The van der Waals surface area contributed by atoms with Crippen LogP contribution in [0.3, 0.4) is 0 Å². The van der Waals surface area contributed by atoms with Gasteiger partial charge in [0.15, 0.2) is 0 Å². The quantitative estimate of drug-likeness (QED) is 0.375. The highest BCUT2D eigenvalue weighted by Gasteiger charge is 2.01. The Hall–Kier alpha value is -0.870. The monoisotopic (exact) mass is 215 g/mol. The van der Waals surface area contributed by atoms with Crippen molar-refractivity contribution in [1.29, 1.82) is 0 Å². The van der Waals surface area contributed by atoms with Gasteiger partial charge in [-0.15, -0.1) is 0 Å². The number of methoxy groups -OCH3 is 1. The lowest BCUT2D eigenvalue weighted by atomic mass is 10.2. The average Bonchev–Trinajstić information content (AvgIpc) is 2.26. The van der Waals surface area contributed by atoms with E-state index in [2.05, 4.69) is 10.1 Å². The molecule has 15 heavy (non-hydrogen) atoms. The van der Waals surface area contributed by atoms with Crippen molar-refractivity contribution in [1.82, 2.24) is 5.32 Å². The second kappa shape index (κ2) is 8.44. The van der Waals surface area contributed by atoms with E-state index in [0.29, 0.717) is 12.1 Å². The highest BCUT2D eigenvalue weighted by molar-refractivity contribution is 5.87. The maximum absolute atomic E-state index is 11.0. The van der Waals surface area contributed by atoms with E-state index in [1.807, 2.05) is 6.92 Å². The fourth-order valence-electron chi connectivity index (χ4n) is 1.04. The van der Waals surface area contributed by atoms with Gasteiger partial charge in [-0.1, -0.05) is 13.0 Å². The third-order valence-corrected chi connectivity index (χ3v) is 2.19. The molecule has 0 heterocycles. The number of rotatable bonds is 7. The molecule has 0 aromatic carbocycles. The van der Waals surface area contributed by atoms with Gasteiger partial charge in [-0.2, -0.15) is 0 Å². The second-order valence-electron chi connectivity index (χ2n) is 3.43. The van der Waals surface area contributed by atoms with E-state index in [0.717, 1.165) is 19.4 Å². The first-order valence-electron chi connectivity index (χ1n) is 5.25. The first-order chi connectivity index (χ1) is 7.11. The van der Waals surface area contributed by atoms with Gasteiger partial charge in [-0.25, -0.2) is 4.79 Å². The van der Waals surface area contributed by atoms with Gasteiger partial charge in [-0.05, 0) is 26.3 Å². The van der Waals surface area contributed by atoms with Crippen LogP contribution in [0.25, 0.3) is 0 Å². The van der Waals surface area contributed by atoms with Gasteiger partial charge in [0.1, 0.15) is 0 Å². The lowest BCUT2D eigenvalue weighted by Crippen LogP contribution is -2.20. The van der Waals surface area contributed by atoms with Crippen LogP contribution in [0.1, 0.15) is 26.7 Å². The SMILES string of the molecule is CCC(O)CCNC/C=C(/C)C(=O)OC. The number of esters is 1. The molecule has 2 N–H and O–H groups in total. The van der Waals surface area contributed by atoms with Gasteiger partial charge in [0, 0.05) is 12.1 Å². The lowest BCUT2D eigenvalue weighted by molar-refractivity contribution is -0.136. The molecule has 0 saturated heterocycles. The van der Waals surface area contributed by atoms with Gasteiger partial charge in [-0.3, -0.25) is 0 Å². The van der Waals surface area contributed by atoms with Crippen molar-refractivity contribution < 1.29 is 14.6 Å². The first kappa shape index (κ1) is 14.1. The molecule has 0 aromatic rings. The predicted octanol–water partition coefficient (Wildman–Crippen LogP) is 0.856. The molecule has 0 aliphatic rings. The van der Waals surface area contributed by atoms with E-state index < -0.39 is 0 Å². The predicted molar refractivity (Wildman–Crippen MR) is 59.6 cm³/mol. The molecule has 0 aliphatic carbocycles. The number of aliphatic hydroxyl groups excluding tert-OH is 1. The number of aliphatic hydroxyl groups is 1. The number of hydrogen-bond donors (Lipinski definition) is 2. The molecule has 0 radical (unpaired) electrons. The molecule has 0 amide bonds. The normalized spacial score (nSPS) is 13.7. The third kappa shape index (κ3) is 7.11. The Balaban J connectivity index is 3.57. The highest BCUT2D eigenvalue weighted by Crippen LogP contribution is 1.95. The van der Waals surface area contributed by atoms with Crippen LogP contribution in [-0.2, 0) is 9.53 Å². The zero-order valence-electron chi connectivity index (χ0n) is 9.75. The molecule has 0 rings (SSSR count). The fourth-order valence-corrected chi connectivity index (χ4v) is 1.04. The van der Waals surface area contributed by atoms with Gasteiger partial charge in [0.25, 0.3) is 0 Å². The Morgan fingerprint density at radius 2 is 2.27 bits per heavy atom. The number of hydrogen-bond acceptors (Lipinski definition) is 4. The smallest absolute Gasteiger partial charge is 0.333 e. The summed E-state index contributed by atoms with van der Waals surface area (Å²) >= 11 is 0. The fraction of sp³-hybridized carbons (Fsp3) is 0.727. The van der Waals surface area contributed by atoms with Crippen molar-refractivity contribution >= 4 is 5.97 Å². The Labute approximate surface area is 91.3 Å². The van der Waals surface area contributed by atoms with Gasteiger partial charge in [0.2, 0.25) is 0 Å². The average molecular weight is 215 g/mol. The summed E-state index contributed by atoms with van der Waals surface area (Å²) in [5, 5.41) is 12.4. The van der Waals surface area contributed by atoms with E-state index >= 15 is 0 Å². The van der Waals surface area contributed by atoms with Crippen LogP contribution in [0, 0.1) is 0 Å². The van der Waals surface area contributed by atoms with Crippen LogP contribution in [0.5, 0.6) is 0 Å². The molecule has 0 spiro atoms. The molecule has 0 fully saturated rings. The minimum Gasteiger partial charge on any atom is -0.466 e. The van der Waals surface area contributed by atoms with Crippen molar-refractivity contribution in [2.24, 2.45) is 0 Å². The first-order valence-corrected chi connectivity index (χ1v) is 5.25. The van der Waals surface area contributed by atoms with Crippen molar-refractivity contribution in [3.63, 3.8) is 0 Å². The van der Waals surface area contributed by atoms with Crippen LogP contribution >= 0.6 is 0 Å². The van der Waals surface area contributed by atoms with E-state index in [-0.39, 0.29) is 12.1 Å². The molecule has 1 unspecified atom stereocenters. The minimum absolute atomic E-state index is 0.233. The molecule has 4 heteroatoms. The Bertz CT molecular complexity index is 214.